The van der Waals surface area contributed by atoms with Gasteiger partial charge in [-0.3, -0.25) is 0 Å². The Bertz CT molecular complexity index is 683. The molecule has 5 nitrogen and oxygen atoms in total. The molecule has 2 rings (SSSR count). The minimum atomic E-state index is 0.0595. The van der Waals surface area contributed by atoms with Crippen LogP contribution in [0.4, 0.5) is 5.13 Å². The molecular weight excluding hydrogens is 342 g/mol. The molecule has 2 aromatic rings. The van der Waals surface area contributed by atoms with Crippen LogP contribution in [0.2, 0.25) is 5.02 Å². The summed E-state index contributed by atoms with van der Waals surface area (Å²) in [4.78, 5) is 11.2. The van der Waals surface area contributed by atoms with Gasteiger partial charge in [0, 0.05) is 31.0 Å². The van der Waals surface area contributed by atoms with Crippen molar-refractivity contribution in [3.05, 3.63) is 45.9 Å². The Morgan fingerprint density at radius 1 is 1.38 bits per heavy atom. The molecule has 0 spiro atoms. The summed E-state index contributed by atoms with van der Waals surface area (Å²) in [7, 11) is 3.98. The zero-order valence-electron chi connectivity index (χ0n) is 14.5. The summed E-state index contributed by atoms with van der Waals surface area (Å²) in [5.41, 5.74) is 2.01. The maximum Gasteiger partial charge on any atom is 0.192 e. The first-order chi connectivity index (χ1) is 11.5. The van der Waals surface area contributed by atoms with Crippen LogP contribution in [0.1, 0.15) is 31.1 Å². The summed E-state index contributed by atoms with van der Waals surface area (Å²) in [5, 5.41) is 10.4. The number of nitrogens with one attached hydrogen (secondary N) is 2. The minimum absolute atomic E-state index is 0.0595. The van der Waals surface area contributed by atoms with Gasteiger partial charge in [-0.1, -0.05) is 29.8 Å². The van der Waals surface area contributed by atoms with Gasteiger partial charge in [-0.15, -0.1) is 11.3 Å². The molecule has 0 radical (unpaired) electrons. The van der Waals surface area contributed by atoms with E-state index in [-0.39, 0.29) is 6.04 Å². The Morgan fingerprint density at radius 3 is 2.75 bits per heavy atom. The maximum atomic E-state index is 6.27. The van der Waals surface area contributed by atoms with Gasteiger partial charge in [-0.05, 0) is 25.5 Å². The number of thiazole rings is 1. The lowest BCUT2D eigenvalue weighted by Crippen LogP contribution is -2.38. The summed E-state index contributed by atoms with van der Waals surface area (Å²) in [6.45, 7) is 5.45. The van der Waals surface area contributed by atoms with Gasteiger partial charge in [0.15, 0.2) is 11.1 Å². The average Bonchev–Trinajstić information content (AvgIpc) is 3.02. The normalized spacial score (nSPS) is 12.8. The number of benzene rings is 1. The van der Waals surface area contributed by atoms with E-state index >= 15 is 0 Å². The minimum Gasteiger partial charge on any atom is -0.357 e. The van der Waals surface area contributed by atoms with Crippen molar-refractivity contribution in [2.45, 2.75) is 26.4 Å². The van der Waals surface area contributed by atoms with E-state index in [9.17, 15) is 0 Å². The molecule has 24 heavy (non-hydrogen) atoms. The van der Waals surface area contributed by atoms with Crippen molar-refractivity contribution < 1.29 is 0 Å². The summed E-state index contributed by atoms with van der Waals surface area (Å²) >= 11 is 7.89. The molecule has 1 aromatic heterocycles. The molecule has 1 heterocycles. The zero-order valence-corrected chi connectivity index (χ0v) is 16.1. The molecule has 1 atom stereocenters. The van der Waals surface area contributed by atoms with Crippen molar-refractivity contribution in [2.24, 2.45) is 4.99 Å². The van der Waals surface area contributed by atoms with Crippen LogP contribution in [0.3, 0.4) is 0 Å². The van der Waals surface area contributed by atoms with Gasteiger partial charge >= 0.3 is 0 Å². The van der Waals surface area contributed by atoms with Crippen LogP contribution in [-0.4, -0.2) is 31.6 Å². The van der Waals surface area contributed by atoms with E-state index < -0.39 is 0 Å². The fourth-order valence-electron chi connectivity index (χ4n) is 2.16. The van der Waals surface area contributed by atoms with Gasteiger partial charge in [0.05, 0.1) is 18.3 Å². The molecule has 0 saturated carbocycles. The third-order valence-corrected chi connectivity index (χ3v) is 4.79. The van der Waals surface area contributed by atoms with E-state index in [0.29, 0.717) is 6.54 Å². The second kappa shape index (κ2) is 8.89. The number of guanidine groups is 1. The third kappa shape index (κ3) is 5.11. The summed E-state index contributed by atoms with van der Waals surface area (Å²) in [5.74, 6) is 0.754. The average molecular weight is 366 g/mol. The molecule has 1 aromatic carbocycles. The fourth-order valence-corrected chi connectivity index (χ4v) is 3.21. The van der Waals surface area contributed by atoms with E-state index in [0.717, 1.165) is 33.9 Å². The third-order valence-electron chi connectivity index (χ3n) is 3.39. The van der Waals surface area contributed by atoms with E-state index in [1.807, 2.05) is 55.6 Å². The highest BCUT2D eigenvalue weighted by atomic mass is 35.5. The van der Waals surface area contributed by atoms with Crippen LogP contribution in [0.5, 0.6) is 0 Å². The molecule has 130 valence electrons. The van der Waals surface area contributed by atoms with Crippen LogP contribution in [-0.2, 0) is 6.54 Å². The van der Waals surface area contributed by atoms with Crippen LogP contribution >= 0.6 is 22.9 Å². The Labute approximate surface area is 152 Å². The summed E-state index contributed by atoms with van der Waals surface area (Å²) in [6.07, 6.45) is 0. The van der Waals surface area contributed by atoms with Crippen molar-refractivity contribution in [1.82, 2.24) is 15.6 Å². The predicted molar refractivity (Wildman–Crippen MR) is 104 cm³/mol. The number of hydrogen-bond acceptors (Lipinski definition) is 4. The first-order valence-corrected chi connectivity index (χ1v) is 9.18. The Balaban J connectivity index is 2.06. The molecule has 2 N–H and O–H groups in total. The van der Waals surface area contributed by atoms with E-state index in [4.69, 9.17) is 11.6 Å². The van der Waals surface area contributed by atoms with Crippen LogP contribution in [0, 0.1) is 0 Å². The topological polar surface area (TPSA) is 52.6 Å². The number of aliphatic imine (C=N–C) groups is 1. The Kier molecular flexibility index (Phi) is 6.87. The second-order valence-electron chi connectivity index (χ2n) is 5.60. The van der Waals surface area contributed by atoms with Gasteiger partial charge in [0.1, 0.15) is 0 Å². The highest BCUT2D eigenvalue weighted by Crippen LogP contribution is 2.22. The molecule has 1 unspecified atom stereocenters. The molecule has 0 aliphatic rings. The Hall–Kier alpha value is -1.79. The van der Waals surface area contributed by atoms with Crippen molar-refractivity contribution in [3.8, 4) is 0 Å². The molecule has 7 heteroatoms. The monoisotopic (exact) mass is 365 g/mol. The molecule has 0 amide bonds. The predicted octanol–water partition coefficient (Wildman–Crippen LogP) is 3.68. The second-order valence-corrected chi connectivity index (χ2v) is 6.84. The molecule has 0 aliphatic carbocycles. The van der Waals surface area contributed by atoms with Crippen molar-refractivity contribution in [3.63, 3.8) is 0 Å². The largest absolute Gasteiger partial charge is 0.357 e. The Morgan fingerprint density at radius 2 is 2.12 bits per heavy atom. The smallest absolute Gasteiger partial charge is 0.192 e. The first-order valence-electron chi connectivity index (χ1n) is 7.92. The van der Waals surface area contributed by atoms with Crippen LogP contribution in [0.25, 0.3) is 0 Å². The highest BCUT2D eigenvalue weighted by Gasteiger charge is 2.11. The van der Waals surface area contributed by atoms with Gasteiger partial charge in [-0.2, -0.15) is 0 Å². The standard InChI is InChI=1S/C17H24ClN5S/c1-5-19-16(20-10-13-11-24-17(22-13)23(3)4)21-12(2)14-8-6-7-9-15(14)18/h6-9,11-12H,5,10H2,1-4H3,(H2,19,20,21). The highest BCUT2D eigenvalue weighted by molar-refractivity contribution is 7.13. The van der Waals surface area contributed by atoms with Crippen LogP contribution in [0.15, 0.2) is 34.6 Å². The number of aromatic nitrogens is 1. The van der Waals surface area contributed by atoms with E-state index in [1.165, 1.54) is 0 Å². The van der Waals surface area contributed by atoms with Crippen molar-refractivity contribution in [1.29, 1.82) is 0 Å². The van der Waals surface area contributed by atoms with Crippen LogP contribution < -0.4 is 15.5 Å². The zero-order chi connectivity index (χ0) is 17.5. The quantitative estimate of drug-likeness (QED) is 0.605. The first kappa shape index (κ1) is 18.5. The molecule has 0 aliphatic heterocycles. The maximum absolute atomic E-state index is 6.27. The van der Waals surface area contributed by atoms with Gasteiger partial charge in [0.2, 0.25) is 0 Å². The SMILES string of the molecule is CCNC(=NCc1csc(N(C)C)n1)NC(C)c1ccccc1Cl. The summed E-state index contributed by atoms with van der Waals surface area (Å²) in [6, 6.07) is 7.90. The number of nitrogens with zero attached hydrogens (tertiary/aromatic N) is 3. The van der Waals surface area contributed by atoms with Gasteiger partial charge in [-0.25, -0.2) is 9.98 Å². The molecular formula is C17H24ClN5S. The number of halogens is 1. The van der Waals surface area contributed by atoms with Gasteiger partial charge < -0.3 is 15.5 Å². The number of rotatable bonds is 6. The number of hydrogen-bond donors (Lipinski definition) is 2. The van der Waals surface area contributed by atoms with Crippen molar-refractivity contribution in [2.75, 3.05) is 25.5 Å². The lowest BCUT2D eigenvalue weighted by molar-refractivity contribution is 0.686. The lowest BCUT2D eigenvalue weighted by atomic mass is 10.1. The summed E-state index contributed by atoms with van der Waals surface area (Å²) < 4.78 is 0. The van der Waals surface area contributed by atoms with Crippen molar-refractivity contribution >= 4 is 34.0 Å². The van der Waals surface area contributed by atoms with Gasteiger partial charge in [0.25, 0.3) is 0 Å². The molecule has 0 bridgehead atoms. The van der Waals surface area contributed by atoms with E-state index in [1.54, 1.807) is 11.3 Å². The fraction of sp³-hybridized carbons (Fsp3) is 0.412. The molecule has 0 saturated heterocycles. The lowest BCUT2D eigenvalue weighted by Gasteiger charge is -2.19. The molecule has 0 fully saturated rings. The number of anilines is 1. The van der Waals surface area contributed by atoms with E-state index in [2.05, 4.69) is 27.5 Å².